The van der Waals surface area contributed by atoms with Gasteiger partial charge in [-0.15, -0.1) is 11.6 Å². The Morgan fingerprint density at radius 2 is 1.70 bits per heavy atom. The number of hydrogen-bond acceptors (Lipinski definition) is 3. The van der Waals surface area contributed by atoms with Crippen molar-refractivity contribution in [2.24, 2.45) is 5.41 Å². The molecule has 0 atom stereocenters. The summed E-state index contributed by atoms with van der Waals surface area (Å²) in [5, 5.41) is 0. The van der Waals surface area contributed by atoms with E-state index in [9.17, 15) is 9.59 Å². The minimum absolute atomic E-state index is 0.0388. The molecule has 0 aliphatic carbocycles. The van der Waals surface area contributed by atoms with Gasteiger partial charge in [0.05, 0.1) is 18.1 Å². The van der Waals surface area contributed by atoms with Gasteiger partial charge in [0.2, 0.25) is 5.91 Å². The summed E-state index contributed by atoms with van der Waals surface area (Å²) in [6.45, 7) is 5.77. The lowest BCUT2D eigenvalue weighted by molar-refractivity contribution is -0.140. The Morgan fingerprint density at radius 1 is 1.13 bits per heavy atom. The number of amides is 2. The summed E-state index contributed by atoms with van der Waals surface area (Å²) in [6.07, 6.45) is 0. The minimum atomic E-state index is -0.573. The van der Waals surface area contributed by atoms with Crippen molar-refractivity contribution in [1.82, 2.24) is 9.80 Å². The minimum Gasteiger partial charge on any atom is -0.496 e. The highest BCUT2D eigenvalue weighted by atomic mass is 35.5. The number of ether oxygens (including phenoxy) is 1. The van der Waals surface area contributed by atoms with Crippen LogP contribution < -0.4 is 4.74 Å². The molecular formula is C17H23ClN2O3. The van der Waals surface area contributed by atoms with Crippen LogP contribution in [0.15, 0.2) is 24.3 Å². The maximum atomic E-state index is 12.6. The van der Waals surface area contributed by atoms with Crippen LogP contribution in [0.2, 0.25) is 0 Å². The van der Waals surface area contributed by atoms with Gasteiger partial charge in [0.25, 0.3) is 5.91 Å². The van der Waals surface area contributed by atoms with Crippen molar-refractivity contribution in [2.75, 3.05) is 39.2 Å². The van der Waals surface area contributed by atoms with Crippen LogP contribution in [0.5, 0.6) is 5.75 Å². The van der Waals surface area contributed by atoms with Gasteiger partial charge < -0.3 is 14.5 Å². The molecule has 2 rings (SSSR count). The largest absolute Gasteiger partial charge is 0.496 e. The second-order valence-corrected chi connectivity index (χ2v) is 6.57. The molecule has 0 N–H and O–H groups in total. The highest BCUT2D eigenvalue weighted by Crippen LogP contribution is 2.23. The molecule has 1 aromatic rings. The highest BCUT2D eigenvalue weighted by Gasteiger charge is 2.34. The fourth-order valence-corrected chi connectivity index (χ4v) is 2.70. The van der Waals surface area contributed by atoms with E-state index < -0.39 is 5.41 Å². The first-order chi connectivity index (χ1) is 10.9. The van der Waals surface area contributed by atoms with Crippen LogP contribution in [0.25, 0.3) is 0 Å². The summed E-state index contributed by atoms with van der Waals surface area (Å²) < 4.78 is 5.25. The van der Waals surface area contributed by atoms with Crippen molar-refractivity contribution in [2.45, 2.75) is 13.8 Å². The standard InChI is InChI=1S/C17H23ClN2O3/c1-17(2,12-18)16(22)20-10-8-19(9-11-20)15(21)13-6-4-5-7-14(13)23-3/h4-7H,8-12H2,1-3H3. The van der Waals surface area contributed by atoms with Gasteiger partial charge in [0.15, 0.2) is 0 Å². The van der Waals surface area contributed by atoms with E-state index in [2.05, 4.69) is 0 Å². The lowest BCUT2D eigenvalue weighted by Gasteiger charge is -2.38. The van der Waals surface area contributed by atoms with E-state index in [1.54, 1.807) is 29.0 Å². The molecule has 5 nitrogen and oxygen atoms in total. The maximum Gasteiger partial charge on any atom is 0.257 e. The normalized spacial score (nSPS) is 15.5. The van der Waals surface area contributed by atoms with Gasteiger partial charge in [-0.2, -0.15) is 0 Å². The predicted molar refractivity (Wildman–Crippen MR) is 90.0 cm³/mol. The van der Waals surface area contributed by atoms with Crippen molar-refractivity contribution in [3.05, 3.63) is 29.8 Å². The van der Waals surface area contributed by atoms with Crippen LogP contribution >= 0.6 is 11.6 Å². The molecule has 0 spiro atoms. The second kappa shape index (κ2) is 7.21. The Balaban J connectivity index is 2.02. The quantitative estimate of drug-likeness (QED) is 0.791. The van der Waals surface area contributed by atoms with Crippen LogP contribution in [0.1, 0.15) is 24.2 Å². The van der Waals surface area contributed by atoms with Gasteiger partial charge in [-0.25, -0.2) is 0 Å². The van der Waals surface area contributed by atoms with Crippen LogP contribution in [0, 0.1) is 5.41 Å². The fraction of sp³-hybridized carbons (Fsp3) is 0.529. The number of halogens is 1. The van der Waals surface area contributed by atoms with E-state index in [-0.39, 0.29) is 17.7 Å². The van der Waals surface area contributed by atoms with E-state index >= 15 is 0 Å². The first-order valence-electron chi connectivity index (χ1n) is 7.68. The van der Waals surface area contributed by atoms with Crippen LogP contribution in [-0.2, 0) is 4.79 Å². The number of piperazine rings is 1. The monoisotopic (exact) mass is 338 g/mol. The summed E-state index contributed by atoms with van der Waals surface area (Å²) in [5.74, 6) is 0.828. The summed E-state index contributed by atoms with van der Waals surface area (Å²) >= 11 is 5.87. The number of carbonyl (C=O) groups excluding carboxylic acids is 2. The van der Waals surface area contributed by atoms with E-state index in [4.69, 9.17) is 16.3 Å². The topological polar surface area (TPSA) is 49.9 Å². The van der Waals surface area contributed by atoms with Gasteiger partial charge >= 0.3 is 0 Å². The van der Waals surface area contributed by atoms with Gasteiger partial charge in [-0.3, -0.25) is 9.59 Å². The smallest absolute Gasteiger partial charge is 0.257 e. The molecular weight excluding hydrogens is 316 g/mol. The third-order valence-electron chi connectivity index (χ3n) is 4.10. The van der Waals surface area contributed by atoms with E-state index in [0.717, 1.165) is 0 Å². The molecule has 1 saturated heterocycles. The molecule has 0 unspecified atom stereocenters. The average molecular weight is 339 g/mol. The lowest BCUT2D eigenvalue weighted by Crippen LogP contribution is -2.53. The average Bonchev–Trinajstić information content (AvgIpc) is 2.60. The fourth-order valence-electron chi connectivity index (χ4n) is 2.59. The molecule has 0 saturated carbocycles. The number of benzene rings is 1. The predicted octanol–water partition coefficient (Wildman–Crippen LogP) is 2.24. The van der Waals surface area contributed by atoms with Crippen LogP contribution in [0.4, 0.5) is 0 Å². The molecule has 23 heavy (non-hydrogen) atoms. The lowest BCUT2D eigenvalue weighted by atomic mass is 9.94. The van der Waals surface area contributed by atoms with Crippen LogP contribution in [0.3, 0.4) is 0 Å². The zero-order valence-corrected chi connectivity index (χ0v) is 14.6. The molecule has 126 valence electrons. The highest BCUT2D eigenvalue weighted by molar-refractivity contribution is 6.19. The summed E-state index contributed by atoms with van der Waals surface area (Å²) in [6, 6.07) is 7.18. The molecule has 1 heterocycles. The third kappa shape index (κ3) is 3.78. The van der Waals surface area contributed by atoms with Crippen molar-refractivity contribution < 1.29 is 14.3 Å². The Labute approximate surface area is 142 Å². The second-order valence-electron chi connectivity index (χ2n) is 6.30. The maximum absolute atomic E-state index is 12.6. The number of para-hydroxylation sites is 1. The number of hydrogen-bond donors (Lipinski definition) is 0. The summed E-state index contributed by atoms with van der Waals surface area (Å²) in [4.78, 5) is 28.6. The zero-order valence-electron chi connectivity index (χ0n) is 13.8. The number of nitrogens with zero attached hydrogens (tertiary/aromatic N) is 2. The molecule has 0 bridgehead atoms. The first kappa shape index (κ1) is 17.6. The molecule has 0 aromatic heterocycles. The van der Waals surface area contributed by atoms with Crippen molar-refractivity contribution in [3.63, 3.8) is 0 Å². The van der Waals surface area contributed by atoms with Crippen molar-refractivity contribution >= 4 is 23.4 Å². The molecule has 6 heteroatoms. The van der Waals surface area contributed by atoms with E-state index in [0.29, 0.717) is 37.5 Å². The molecule has 0 radical (unpaired) electrons. The van der Waals surface area contributed by atoms with Gasteiger partial charge in [0, 0.05) is 32.1 Å². The number of rotatable bonds is 4. The Kier molecular flexibility index (Phi) is 5.52. The molecule has 1 aliphatic heterocycles. The third-order valence-corrected chi connectivity index (χ3v) is 4.77. The number of carbonyl (C=O) groups is 2. The van der Waals surface area contributed by atoms with Gasteiger partial charge in [0.1, 0.15) is 5.75 Å². The zero-order chi connectivity index (χ0) is 17.0. The van der Waals surface area contributed by atoms with Gasteiger partial charge in [-0.1, -0.05) is 12.1 Å². The van der Waals surface area contributed by atoms with E-state index in [1.807, 2.05) is 26.0 Å². The Morgan fingerprint density at radius 3 is 2.26 bits per heavy atom. The Bertz CT molecular complexity index is 581. The van der Waals surface area contributed by atoms with E-state index in [1.165, 1.54) is 0 Å². The molecule has 2 amide bonds. The van der Waals surface area contributed by atoms with Crippen molar-refractivity contribution in [1.29, 1.82) is 0 Å². The first-order valence-corrected chi connectivity index (χ1v) is 8.22. The SMILES string of the molecule is COc1ccccc1C(=O)N1CCN(C(=O)C(C)(C)CCl)CC1. The van der Waals surface area contributed by atoms with Crippen molar-refractivity contribution in [3.8, 4) is 5.75 Å². The molecule has 1 aromatic carbocycles. The number of methoxy groups -OCH3 is 1. The molecule has 1 aliphatic rings. The Hall–Kier alpha value is -1.75. The van der Waals surface area contributed by atoms with Gasteiger partial charge in [-0.05, 0) is 26.0 Å². The summed E-state index contributed by atoms with van der Waals surface area (Å²) in [7, 11) is 1.55. The molecule has 1 fully saturated rings. The summed E-state index contributed by atoms with van der Waals surface area (Å²) in [5.41, 5.74) is -0.0213. The van der Waals surface area contributed by atoms with Crippen LogP contribution in [-0.4, -0.2) is 60.8 Å². The number of alkyl halides is 1.